The minimum Gasteiger partial charge on any atom is -0.456 e. The summed E-state index contributed by atoms with van der Waals surface area (Å²) in [5.41, 5.74) is 18.0. The van der Waals surface area contributed by atoms with E-state index in [1.54, 1.807) is 0 Å². The Morgan fingerprint density at radius 3 is 1.35 bits per heavy atom. The van der Waals surface area contributed by atoms with E-state index in [0.29, 0.717) is 0 Å². The van der Waals surface area contributed by atoms with Gasteiger partial charge in [0, 0.05) is 44.3 Å². The van der Waals surface area contributed by atoms with E-state index in [2.05, 4.69) is 240 Å². The number of furan rings is 1. The lowest BCUT2D eigenvalue weighted by Crippen LogP contribution is -2.10. The zero-order valence-corrected chi connectivity index (χ0v) is 34.4. The van der Waals surface area contributed by atoms with Gasteiger partial charge in [0.15, 0.2) is 0 Å². The summed E-state index contributed by atoms with van der Waals surface area (Å²) in [5, 5.41) is 4.79. The lowest BCUT2D eigenvalue weighted by atomic mass is 9.96. The fourth-order valence-electron chi connectivity index (χ4n) is 9.37. The van der Waals surface area contributed by atoms with Gasteiger partial charge in [0.1, 0.15) is 11.2 Å². The van der Waals surface area contributed by atoms with Crippen LogP contribution >= 0.6 is 0 Å². The van der Waals surface area contributed by atoms with Crippen LogP contribution in [0.1, 0.15) is 0 Å². The molecule has 0 aliphatic heterocycles. The van der Waals surface area contributed by atoms with Crippen LogP contribution in [0.4, 0.5) is 17.1 Å². The van der Waals surface area contributed by atoms with Gasteiger partial charge in [-0.3, -0.25) is 0 Å². The van der Waals surface area contributed by atoms with Crippen molar-refractivity contribution in [3.8, 4) is 50.2 Å². The highest BCUT2D eigenvalue weighted by molar-refractivity contribution is 6.12. The molecule has 0 atom stereocenters. The van der Waals surface area contributed by atoms with Gasteiger partial charge in [0.05, 0.1) is 11.0 Å². The summed E-state index contributed by atoms with van der Waals surface area (Å²) in [7, 11) is 0. The Labute approximate surface area is 366 Å². The van der Waals surface area contributed by atoms with E-state index in [0.717, 1.165) is 61.4 Å². The van der Waals surface area contributed by atoms with Crippen LogP contribution in [0, 0.1) is 0 Å². The maximum Gasteiger partial charge on any atom is 0.136 e. The first-order chi connectivity index (χ1) is 31.2. The molecule has 3 nitrogen and oxygen atoms in total. The van der Waals surface area contributed by atoms with E-state index in [1.165, 1.54) is 49.6 Å². The second kappa shape index (κ2) is 15.3. The summed E-state index contributed by atoms with van der Waals surface area (Å²) < 4.78 is 8.61. The van der Waals surface area contributed by atoms with Crippen LogP contribution < -0.4 is 4.90 Å². The molecule has 0 radical (unpaired) electrons. The molecular weight excluding hydrogens is 765 g/mol. The SMILES string of the molecule is c1ccc(-c2ccc(-c3ccc(N(c4ccc(-c5cccc(-c6cccc7oc8ccccc8c67)c5)cc4)c4ccc(-n5c6ccccc6c6ccccc65)cc4)cc3)cc2)cc1. The van der Waals surface area contributed by atoms with Gasteiger partial charge in [0.25, 0.3) is 0 Å². The van der Waals surface area contributed by atoms with Gasteiger partial charge in [-0.15, -0.1) is 0 Å². The molecule has 0 bridgehead atoms. The molecule has 0 saturated heterocycles. The Morgan fingerprint density at radius 2 is 0.730 bits per heavy atom. The Hall–Kier alpha value is -8.40. The fourth-order valence-corrected chi connectivity index (χ4v) is 9.37. The Balaban J connectivity index is 0.913. The minimum absolute atomic E-state index is 0.903. The third-order valence-electron chi connectivity index (χ3n) is 12.4. The fraction of sp³-hybridized carbons (Fsp3) is 0. The molecule has 2 aromatic heterocycles. The van der Waals surface area contributed by atoms with Crippen molar-refractivity contribution in [2.75, 3.05) is 4.90 Å². The van der Waals surface area contributed by atoms with E-state index >= 15 is 0 Å². The third kappa shape index (κ3) is 6.46. The molecule has 0 spiro atoms. The highest BCUT2D eigenvalue weighted by Crippen LogP contribution is 2.41. The molecule has 2 heterocycles. The lowest BCUT2D eigenvalue weighted by molar-refractivity contribution is 0.669. The molecule has 12 rings (SSSR count). The molecule has 0 aliphatic rings. The average Bonchev–Trinajstić information content (AvgIpc) is 3.91. The van der Waals surface area contributed by atoms with Gasteiger partial charge in [-0.2, -0.15) is 0 Å². The highest BCUT2D eigenvalue weighted by Gasteiger charge is 2.17. The molecule has 0 amide bonds. The standard InChI is InChI=1S/C60H40N2O/c1-2-12-41(13-3-1)42-24-26-43(27-25-42)44-28-32-48(33-29-44)61(50-36-38-51(39-37-50)62-56-20-7-4-16-53(56)54-17-5-8-21-57(54)62)49-34-30-45(31-35-49)46-14-10-15-47(40-46)52-19-11-23-59-60(52)55-18-6-9-22-58(55)63-59/h1-40H. The summed E-state index contributed by atoms with van der Waals surface area (Å²) in [4.78, 5) is 2.35. The van der Waals surface area contributed by atoms with Gasteiger partial charge >= 0.3 is 0 Å². The van der Waals surface area contributed by atoms with E-state index in [1.807, 2.05) is 12.1 Å². The highest BCUT2D eigenvalue weighted by atomic mass is 16.3. The third-order valence-corrected chi connectivity index (χ3v) is 12.4. The first-order valence-electron chi connectivity index (χ1n) is 21.5. The number of benzene rings is 10. The van der Waals surface area contributed by atoms with Crippen molar-refractivity contribution in [1.29, 1.82) is 0 Å². The van der Waals surface area contributed by atoms with Crippen LogP contribution in [0.15, 0.2) is 247 Å². The molecule has 296 valence electrons. The second-order valence-corrected chi connectivity index (χ2v) is 16.1. The van der Waals surface area contributed by atoms with E-state index < -0.39 is 0 Å². The minimum atomic E-state index is 0.903. The summed E-state index contributed by atoms with van der Waals surface area (Å²) >= 11 is 0. The zero-order valence-electron chi connectivity index (χ0n) is 34.4. The number of anilines is 3. The van der Waals surface area contributed by atoms with Gasteiger partial charge < -0.3 is 13.9 Å². The number of aromatic nitrogens is 1. The smallest absolute Gasteiger partial charge is 0.136 e. The monoisotopic (exact) mass is 804 g/mol. The van der Waals surface area contributed by atoms with Crippen molar-refractivity contribution in [1.82, 2.24) is 4.57 Å². The summed E-state index contributed by atoms with van der Waals surface area (Å²) in [5.74, 6) is 0. The number of nitrogens with zero attached hydrogens (tertiary/aromatic N) is 2. The van der Waals surface area contributed by atoms with Gasteiger partial charge in [-0.1, -0.05) is 164 Å². The van der Waals surface area contributed by atoms with Crippen molar-refractivity contribution < 1.29 is 4.42 Å². The Morgan fingerprint density at radius 1 is 0.302 bits per heavy atom. The molecule has 0 unspecified atom stereocenters. The predicted octanol–water partition coefficient (Wildman–Crippen LogP) is 16.8. The topological polar surface area (TPSA) is 21.3 Å². The molecule has 0 fully saturated rings. The van der Waals surface area contributed by atoms with E-state index in [-0.39, 0.29) is 0 Å². The van der Waals surface area contributed by atoms with Gasteiger partial charge in [-0.05, 0) is 123 Å². The maximum absolute atomic E-state index is 6.24. The predicted molar refractivity (Wildman–Crippen MR) is 264 cm³/mol. The van der Waals surface area contributed by atoms with Crippen molar-refractivity contribution in [2.24, 2.45) is 0 Å². The molecule has 0 aliphatic carbocycles. The second-order valence-electron chi connectivity index (χ2n) is 16.1. The van der Waals surface area contributed by atoms with E-state index in [9.17, 15) is 0 Å². The molecule has 63 heavy (non-hydrogen) atoms. The van der Waals surface area contributed by atoms with Crippen molar-refractivity contribution in [3.05, 3.63) is 243 Å². The number of hydrogen-bond acceptors (Lipinski definition) is 2. The maximum atomic E-state index is 6.24. The molecular formula is C60H40N2O. The largest absolute Gasteiger partial charge is 0.456 e. The molecule has 3 heteroatoms. The normalized spacial score (nSPS) is 11.5. The van der Waals surface area contributed by atoms with Crippen molar-refractivity contribution in [2.45, 2.75) is 0 Å². The number of hydrogen-bond donors (Lipinski definition) is 0. The van der Waals surface area contributed by atoms with Crippen LogP contribution in [0.2, 0.25) is 0 Å². The van der Waals surface area contributed by atoms with Crippen LogP contribution in [-0.2, 0) is 0 Å². The number of fused-ring (bicyclic) bond motifs is 6. The quantitative estimate of drug-likeness (QED) is 0.153. The number of para-hydroxylation sites is 3. The van der Waals surface area contributed by atoms with Crippen LogP contribution in [0.3, 0.4) is 0 Å². The van der Waals surface area contributed by atoms with Crippen LogP contribution in [0.5, 0.6) is 0 Å². The van der Waals surface area contributed by atoms with Gasteiger partial charge in [0.2, 0.25) is 0 Å². The average molecular weight is 805 g/mol. The Bertz CT molecular complexity index is 3530. The summed E-state index contributed by atoms with van der Waals surface area (Å²) in [6.45, 7) is 0. The lowest BCUT2D eigenvalue weighted by Gasteiger charge is -2.26. The van der Waals surface area contributed by atoms with Crippen molar-refractivity contribution >= 4 is 60.8 Å². The van der Waals surface area contributed by atoms with Crippen molar-refractivity contribution in [3.63, 3.8) is 0 Å². The van der Waals surface area contributed by atoms with Gasteiger partial charge in [-0.25, -0.2) is 0 Å². The van der Waals surface area contributed by atoms with Crippen LogP contribution in [-0.4, -0.2) is 4.57 Å². The first-order valence-corrected chi connectivity index (χ1v) is 21.5. The molecule has 12 aromatic rings. The van der Waals surface area contributed by atoms with E-state index in [4.69, 9.17) is 4.42 Å². The number of rotatable bonds is 8. The first kappa shape index (κ1) is 36.5. The Kier molecular flexibility index (Phi) is 8.83. The van der Waals surface area contributed by atoms with Crippen LogP contribution in [0.25, 0.3) is 93.9 Å². The summed E-state index contributed by atoms with van der Waals surface area (Å²) in [6.07, 6.45) is 0. The molecule has 0 N–H and O–H groups in total. The summed E-state index contributed by atoms with van der Waals surface area (Å²) in [6, 6.07) is 87.1. The molecule has 10 aromatic carbocycles. The zero-order chi connectivity index (χ0) is 41.7. The molecule has 0 saturated carbocycles.